The number of benzene rings is 2. The van der Waals surface area contributed by atoms with Gasteiger partial charge >= 0.3 is 5.97 Å². The van der Waals surface area contributed by atoms with Crippen LogP contribution in [0.15, 0.2) is 42.0 Å². The van der Waals surface area contributed by atoms with Crippen molar-refractivity contribution in [2.75, 3.05) is 0 Å². The molecule has 0 atom stereocenters. The molecule has 10 heteroatoms. The first kappa shape index (κ1) is 20.9. The summed E-state index contributed by atoms with van der Waals surface area (Å²) in [6.45, 7) is 0. The maximum Gasteiger partial charge on any atom is 0.335 e. The number of nitrogens with two attached hydrogens (primary N) is 1. The minimum Gasteiger partial charge on any atom is -0.504 e. The van der Waals surface area contributed by atoms with Crippen LogP contribution >= 0.6 is 11.6 Å². The van der Waals surface area contributed by atoms with E-state index >= 15 is 0 Å². The molecule has 8 nitrogen and oxygen atoms in total. The number of phenolic OH excluding ortho intramolecular Hbond substituents is 1. The van der Waals surface area contributed by atoms with Crippen molar-refractivity contribution in [2.45, 2.75) is 6.42 Å². The number of carbonyl (C=O) groups is 2. The van der Waals surface area contributed by atoms with Gasteiger partial charge in [-0.05, 0) is 29.8 Å². The van der Waals surface area contributed by atoms with Crippen molar-refractivity contribution in [3.05, 3.63) is 69.5 Å². The first-order valence-corrected chi connectivity index (χ1v) is 8.06. The smallest absolute Gasteiger partial charge is 0.335 e. The van der Waals surface area contributed by atoms with Gasteiger partial charge in [-0.25, -0.2) is 14.7 Å². The van der Waals surface area contributed by atoms with Crippen LogP contribution in [0.25, 0.3) is 5.70 Å². The predicted molar refractivity (Wildman–Crippen MR) is 99.0 cm³/mol. The van der Waals surface area contributed by atoms with Crippen molar-refractivity contribution >= 4 is 34.9 Å². The Morgan fingerprint density at radius 2 is 1.86 bits per heavy atom. The minimum atomic E-state index is -1.21. The normalized spacial score (nSPS) is 11.5. The van der Waals surface area contributed by atoms with Crippen molar-refractivity contribution in [1.29, 1.82) is 5.41 Å². The third kappa shape index (κ3) is 4.27. The zero-order valence-electron chi connectivity index (χ0n) is 14.2. The fraction of sp³-hybridized carbons (Fsp3) is 0.0556. The van der Waals surface area contributed by atoms with Crippen LogP contribution in [0.2, 0.25) is 5.02 Å². The fourth-order valence-electron chi connectivity index (χ4n) is 2.41. The first-order valence-electron chi connectivity index (χ1n) is 7.68. The molecule has 0 aliphatic rings. The van der Waals surface area contributed by atoms with E-state index in [4.69, 9.17) is 33.1 Å². The summed E-state index contributed by atoms with van der Waals surface area (Å²) in [6, 6.07) is 7.68. The number of nitrogens with one attached hydrogen (secondary N) is 2. The van der Waals surface area contributed by atoms with Crippen LogP contribution in [0.4, 0.5) is 4.39 Å². The van der Waals surface area contributed by atoms with E-state index < -0.39 is 35.6 Å². The second kappa shape index (κ2) is 8.51. The molecule has 2 aromatic rings. The summed E-state index contributed by atoms with van der Waals surface area (Å²) in [7, 11) is 0. The van der Waals surface area contributed by atoms with Gasteiger partial charge in [-0.15, -0.1) is 0 Å². The van der Waals surface area contributed by atoms with Gasteiger partial charge < -0.3 is 15.9 Å². The summed E-state index contributed by atoms with van der Waals surface area (Å²) >= 11 is 5.63. The Balaban J connectivity index is 2.64. The number of hydroxylamine groups is 1. The molecular weight excluding hydrogens is 393 g/mol. The lowest BCUT2D eigenvalue weighted by atomic mass is 9.94. The maximum atomic E-state index is 14.4. The van der Waals surface area contributed by atoms with Gasteiger partial charge in [0.15, 0.2) is 11.6 Å². The zero-order valence-corrected chi connectivity index (χ0v) is 14.9. The van der Waals surface area contributed by atoms with E-state index in [1.807, 2.05) is 0 Å². The number of aromatic hydroxyl groups is 1. The maximum absolute atomic E-state index is 14.4. The minimum absolute atomic E-state index is 0.0896. The average molecular weight is 408 g/mol. The largest absolute Gasteiger partial charge is 0.504 e. The fourth-order valence-corrected chi connectivity index (χ4v) is 2.55. The lowest BCUT2D eigenvalue weighted by Gasteiger charge is -2.15. The Hall–Kier alpha value is -3.43. The third-order valence-corrected chi connectivity index (χ3v) is 4.15. The van der Waals surface area contributed by atoms with Crippen LogP contribution in [0.1, 0.15) is 27.9 Å². The Morgan fingerprint density at radius 3 is 2.46 bits per heavy atom. The molecule has 0 fully saturated rings. The first-order chi connectivity index (χ1) is 13.2. The molecule has 0 heterocycles. The number of carbonyl (C=O) groups excluding carboxylic acids is 1. The van der Waals surface area contributed by atoms with E-state index in [0.717, 1.165) is 12.1 Å². The van der Waals surface area contributed by atoms with E-state index in [0.29, 0.717) is 0 Å². The van der Waals surface area contributed by atoms with Crippen molar-refractivity contribution in [2.24, 2.45) is 5.73 Å². The van der Waals surface area contributed by atoms with Gasteiger partial charge in [-0.3, -0.25) is 15.4 Å². The quantitative estimate of drug-likeness (QED) is 0.245. The van der Waals surface area contributed by atoms with Crippen molar-refractivity contribution in [3.63, 3.8) is 0 Å². The molecule has 0 spiro atoms. The van der Waals surface area contributed by atoms with Crippen LogP contribution < -0.4 is 11.2 Å². The molecule has 0 aliphatic carbocycles. The zero-order chi connectivity index (χ0) is 21.0. The van der Waals surface area contributed by atoms with Crippen molar-refractivity contribution < 1.29 is 29.4 Å². The van der Waals surface area contributed by atoms with Gasteiger partial charge in [0.1, 0.15) is 0 Å². The van der Waals surface area contributed by atoms with E-state index in [1.54, 1.807) is 0 Å². The van der Waals surface area contributed by atoms with Crippen molar-refractivity contribution in [1.82, 2.24) is 5.48 Å². The summed E-state index contributed by atoms with van der Waals surface area (Å²) in [4.78, 5) is 22.8. The number of halogens is 2. The summed E-state index contributed by atoms with van der Waals surface area (Å²) in [5.41, 5.74) is 6.20. The van der Waals surface area contributed by atoms with E-state index in [2.05, 4.69) is 0 Å². The monoisotopic (exact) mass is 407 g/mol. The van der Waals surface area contributed by atoms with E-state index in [1.165, 1.54) is 29.7 Å². The van der Waals surface area contributed by atoms with Gasteiger partial charge in [0.2, 0.25) is 5.91 Å². The highest BCUT2D eigenvalue weighted by atomic mass is 35.5. The van der Waals surface area contributed by atoms with Crippen LogP contribution in [0.3, 0.4) is 0 Å². The number of rotatable bonds is 6. The molecule has 0 radical (unpaired) electrons. The molecule has 28 heavy (non-hydrogen) atoms. The molecule has 0 saturated carbocycles. The second-order valence-corrected chi connectivity index (χ2v) is 6.03. The van der Waals surface area contributed by atoms with Crippen LogP contribution in [-0.2, 0) is 4.79 Å². The van der Waals surface area contributed by atoms with Crippen molar-refractivity contribution in [3.8, 4) is 5.75 Å². The SMILES string of the molecule is N=C(C(CC(=O)NO)=C(N)c1cccc(C(=O)O)c1)c1ccc(Cl)c(O)c1F. The number of aromatic carboxylic acids is 1. The van der Waals surface area contributed by atoms with Gasteiger partial charge in [0, 0.05) is 16.8 Å². The van der Waals surface area contributed by atoms with Gasteiger partial charge in [0.05, 0.1) is 22.7 Å². The number of hydrogen-bond donors (Lipinski definition) is 6. The van der Waals surface area contributed by atoms with Crippen LogP contribution in [-0.4, -0.2) is 33.0 Å². The molecular formula is C18H15ClFN3O5. The Labute approximate surface area is 163 Å². The second-order valence-electron chi connectivity index (χ2n) is 5.62. The van der Waals surface area contributed by atoms with Gasteiger partial charge in [0.25, 0.3) is 0 Å². The van der Waals surface area contributed by atoms with E-state index in [9.17, 15) is 19.1 Å². The highest BCUT2D eigenvalue weighted by Gasteiger charge is 2.22. The summed E-state index contributed by atoms with van der Waals surface area (Å²) in [5, 5.41) is 35.6. The average Bonchev–Trinajstić information content (AvgIpc) is 2.69. The molecule has 2 rings (SSSR count). The van der Waals surface area contributed by atoms with Gasteiger partial charge in [-0.1, -0.05) is 23.7 Å². The Kier molecular flexibility index (Phi) is 6.34. The number of amides is 1. The predicted octanol–water partition coefficient (Wildman–Crippen LogP) is 2.52. The number of carboxylic acids is 1. The third-order valence-electron chi connectivity index (χ3n) is 3.85. The molecule has 0 aromatic heterocycles. The summed E-state index contributed by atoms with van der Waals surface area (Å²) < 4.78 is 14.4. The molecule has 0 aliphatic heterocycles. The molecule has 0 unspecified atom stereocenters. The number of phenols is 1. The molecule has 7 N–H and O–H groups in total. The van der Waals surface area contributed by atoms with Gasteiger partial charge in [-0.2, -0.15) is 0 Å². The summed E-state index contributed by atoms with van der Waals surface area (Å²) in [6.07, 6.45) is -0.610. The lowest BCUT2D eigenvalue weighted by molar-refractivity contribution is -0.128. The van der Waals surface area contributed by atoms with E-state index in [-0.39, 0.29) is 33.0 Å². The highest BCUT2D eigenvalue weighted by Crippen LogP contribution is 2.31. The van der Waals surface area contributed by atoms with Crippen LogP contribution in [0, 0.1) is 11.2 Å². The standard InChI is InChI=1S/C18H15ClFN3O5/c19-12-5-4-10(14(20)17(12)25)16(22)11(7-13(24)23-28)15(21)8-2-1-3-9(6-8)18(26)27/h1-6,22,25,28H,7,21H2,(H,23,24)(H,26,27). The Morgan fingerprint density at radius 1 is 1.21 bits per heavy atom. The highest BCUT2D eigenvalue weighted by molar-refractivity contribution is 6.32. The number of hydrogen-bond acceptors (Lipinski definition) is 6. The molecule has 0 bridgehead atoms. The molecule has 146 valence electrons. The summed E-state index contributed by atoms with van der Waals surface area (Å²) in [5.74, 6) is -4.21. The molecule has 0 saturated heterocycles. The Bertz CT molecular complexity index is 1010. The van der Waals surface area contributed by atoms with Crippen LogP contribution in [0.5, 0.6) is 5.75 Å². The number of carboxylic acid groups (broad SMARTS) is 1. The lowest BCUT2D eigenvalue weighted by Crippen LogP contribution is -2.23. The molecule has 2 aromatic carbocycles. The topological polar surface area (TPSA) is 157 Å². The molecule has 1 amide bonds.